The van der Waals surface area contributed by atoms with Gasteiger partial charge in [0.05, 0.1) is 6.61 Å². The minimum atomic E-state index is -0.228. The minimum Gasteiger partial charge on any atom is -0.377 e. The summed E-state index contributed by atoms with van der Waals surface area (Å²) in [7, 11) is 0. The summed E-state index contributed by atoms with van der Waals surface area (Å²) in [6, 6.07) is 25.7. The van der Waals surface area contributed by atoms with E-state index in [4.69, 9.17) is 4.74 Å². The second kappa shape index (κ2) is 9.55. The molecule has 3 aromatic rings. The fraction of sp³-hybridized carbons (Fsp3) is 0.174. The van der Waals surface area contributed by atoms with Gasteiger partial charge in [0.1, 0.15) is 0 Å². The molecule has 4 nitrogen and oxygen atoms in total. The van der Waals surface area contributed by atoms with Crippen LogP contribution < -0.4 is 10.6 Å². The summed E-state index contributed by atoms with van der Waals surface area (Å²) in [6.45, 7) is 3.65. The van der Waals surface area contributed by atoms with E-state index in [9.17, 15) is 4.79 Å². The molecule has 4 heteroatoms. The summed E-state index contributed by atoms with van der Waals surface area (Å²) in [5.74, 6) is 0. The SMILES string of the molecule is CCOCc1ccccc1CNC(=O)Nc1ccc(-c2ccccc2)cc1. The van der Waals surface area contributed by atoms with Gasteiger partial charge in [0.2, 0.25) is 0 Å². The second-order valence-corrected chi connectivity index (χ2v) is 6.16. The molecule has 0 aliphatic heterocycles. The molecule has 27 heavy (non-hydrogen) atoms. The third kappa shape index (κ3) is 5.43. The van der Waals surface area contributed by atoms with Gasteiger partial charge in [-0.05, 0) is 41.3 Å². The first-order chi connectivity index (χ1) is 13.3. The number of urea groups is 1. The van der Waals surface area contributed by atoms with Gasteiger partial charge in [0.15, 0.2) is 0 Å². The number of carbonyl (C=O) groups is 1. The molecule has 0 heterocycles. The Labute approximate surface area is 160 Å². The Morgan fingerprint density at radius 3 is 2.15 bits per heavy atom. The van der Waals surface area contributed by atoms with Crippen LogP contribution in [0.3, 0.4) is 0 Å². The number of hydrogen-bond donors (Lipinski definition) is 2. The number of carbonyl (C=O) groups excluding carboxylic acids is 1. The van der Waals surface area contributed by atoms with Gasteiger partial charge in [-0.15, -0.1) is 0 Å². The van der Waals surface area contributed by atoms with E-state index < -0.39 is 0 Å². The van der Waals surface area contributed by atoms with Gasteiger partial charge < -0.3 is 15.4 Å². The molecular weight excluding hydrogens is 336 g/mol. The predicted octanol–water partition coefficient (Wildman–Crippen LogP) is 5.21. The first-order valence-corrected chi connectivity index (χ1v) is 9.11. The van der Waals surface area contributed by atoms with Crippen molar-refractivity contribution in [3.63, 3.8) is 0 Å². The zero-order valence-electron chi connectivity index (χ0n) is 15.4. The van der Waals surface area contributed by atoms with Crippen LogP contribution in [-0.4, -0.2) is 12.6 Å². The molecule has 0 saturated carbocycles. The maximum absolute atomic E-state index is 12.2. The van der Waals surface area contributed by atoms with Crippen molar-refractivity contribution >= 4 is 11.7 Å². The Hall–Kier alpha value is -3.11. The van der Waals surface area contributed by atoms with Crippen LogP contribution in [0.25, 0.3) is 11.1 Å². The van der Waals surface area contributed by atoms with Crippen molar-refractivity contribution in [3.05, 3.63) is 90.0 Å². The van der Waals surface area contributed by atoms with Crippen molar-refractivity contribution in [3.8, 4) is 11.1 Å². The van der Waals surface area contributed by atoms with Crippen LogP contribution in [0.15, 0.2) is 78.9 Å². The van der Waals surface area contributed by atoms with Crippen LogP contribution >= 0.6 is 0 Å². The van der Waals surface area contributed by atoms with Gasteiger partial charge in [-0.1, -0.05) is 66.7 Å². The Kier molecular flexibility index (Phi) is 6.61. The molecule has 3 aromatic carbocycles. The van der Waals surface area contributed by atoms with Crippen LogP contribution in [0.5, 0.6) is 0 Å². The first kappa shape index (κ1) is 18.7. The van der Waals surface area contributed by atoms with E-state index >= 15 is 0 Å². The van der Waals surface area contributed by atoms with Crippen molar-refractivity contribution < 1.29 is 9.53 Å². The fourth-order valence-corrected chi connectivity index (χ4v) is 2.81. The highest BCUT2D eigenvalue weighted by Crippen LogP contribution is 2.21. The molecule has 138 valence electrons. The molecule has 0 unspecified atom stereocenters. The van der Waals surface area contributed by atoms with E-state index in [0.717, 1.165) is 27.9 Å². The van der Waals surface area contributed by atoms with Crippen LogP contribution in [-0.2, 0) is 17.9 Å². The highest BCUT2D eigenvalue weighted by atomic mass is 16.5. The molecule has 0 fully saturated rings. The van der Waals surface area contributed by atoms with Crippen molar-refractivity contribution in [1.82, 2.24) is 5.32 Å². The lowest BCUT2D eigenvalue weighted by Gasteiger charge is -2.12. The Bertz CT molecular complexity index is 861. The molecule has 3 rings (SSSR count). The topological polar surface area (TPSA) is 50.4 Å². The zero-order valence-corrected chi connectivity index (χ0v) is 15.4. The summed E-state index contributed by atoms with van der Waals surface area (Å²) in [5, 5.41) is 5.78. The van der Waals surface area contributed by atoms with E-state index in [1.165, 1.54) is 0 Å². The molecule has 0 aromatic heterocycles. The molecule has 0 atom stereocenters. The lowest BCUT2D eigenvalue weighted by atomic mass is 10.1. The standard InChI is InChI=1S/C23H24N2O2/c1-2-27-17-21-11-7-6-10-20(21)16-24-23(26)25-22-14-12-19(13-15-22)18-8-4-3-5-9-18/h3-15H,2,16-17H2,1H3,(H2,24,25,26). The predicted molar refractivity (Wildman–Crippen MR) is 110 cm³/mol. The highest BCUT2D eigenvalue weighted by molar-refractivity contribution is 5.89. The highest BCUT2D eigenvalue weighted by Gasteiger charge is 2.06. The number of benzene rings is 3. The molecule has 0 radical (unpaired) electrons. The number of anilines is 1. The second-order valence-electron chi connectivity index (χ2n) is 6.16. The van der Waals surface area contributed by atoms with E-state index in [2.05, 4.69) is 22.8 Å². The maximum Gasteiger partial charge on any atom is 0.319 e. The normalized spacial score (nSPS) is 10.4. The average molecular weight is 360 g/mol. The largest absolute Gasteiger partial charge is 0.377 e. The minimum absolute atomic E-state index is 0.228. The van der Waals surface area contributed by atoms with E-state index in [1.54, 1.807) is 0 Å². The van der Waals surface area contributed by atoms with E-state index in [1.807, 2.05) is 73.7 Å². The number of nitrogens with one attached hydrogen (secondary N) is 2. The first-order valence-electron chi connectivity index (χ1n) is 9.11. The van der Waals surface area contributed by atoms with Crippen molar-refractivity contribution in [2.75, 3.05) is 11.9 Å². The molecule has 2 amide bonds. The van der Waals surface area contributed by atoms with E-state index in [-0.39, 0.29) is 6.03 Å². The monoisotopic (exact) mass is 360 g/mol. The van der Waals surface area contributed by atoms with Crippen LogP contribution in [0.1, 0.15) is 18.1 Å². The van der Waals surface area contributed by atoms with Gasteiger partial charge in [0.25, 0.3) is 0 Å². The van der Waals surface area contributed by atoms with Gasteiger partial charge in [-0.3, -0.25) is 0 Å². The van der Waals surface area contributed by atoms with Crippen LogP contribution in [0, 0.1) is 0 Å². The third-order valence-electron chi connectivity index (χ3n) is 4.27. The van der Waals surface area contributed by atoms with Crippen molar-refractivity contribution in [1.29, 1.82) is 0 Å². The quantitative estimate of drug-likeness (QED) is 0.607. The average Bonchev–Trinajstić information content (AvgIpc) is 2.72. The summed E-state index contributed by atoms with van der Waals surface area (Å²) in [5.41, 5.74) is 5.17. The zero-order chi connectivity index (χ0) is 18.9. The van der Waals surface area contributed by atoms with Gasteiger partial charge in [-0.25, -0.2) is 4.79 Å². The van der Waals surface area contributed by atoms with Crippen LogP contribution in [0.2, 0.25) is 0 Å². The molecule has 0 aliphatic carbocycles. The molecule has 0 saturated heterocycles. The van der Waals surface area contributed by atoms with E-state index in [0.29, 0.717) is 19.8 Å². The molecule has 0 bridgehead atoms. The van der Waals surface area contributed by atoms with Gasteiger partial charge in [0, 0.05) is 18.8 Å². The summed E-state index contributed by atoms with van der Waals surface area (Å²) >= 11 is 0. The molecule has 0 aliphatic rings. The number of rotatable bonds is 7. The van der Waals surface area contributed by atoms with Gasteiger partial charge in [-0.2, -0.15) is 0 Å². The lowest BCUT2D eigenvalue weighted by molar-refractivity contribution is 0.133. The van der Waals surface area contributed by atoms with Crippen molar-refractivity contribution in [2.45, 2.75) is 20.1 Å². The van der Waals surface area contributed by atoms with Crippen LogP contribution in [0.4, 0.5) is 10.5 Å². The Balaban J connectivity index is 1.55. The van der Waals surface area contributed by atoms with Gasteiger partial charge >= 0.3 is 6.03 Å². The molecular formula is C23H24N2O2. The lowest BCUT2D eigenvalue weighted by Crippen LogP contribution is -2.28. The summed E-state index contributed by atoms with van der Waals surface area (Å²) in [4.78, 5) is 12.2. The fourth-order valence-electron chi connectivity index (χ4n) is 2.81. The molecule has 2 N–H and O–H groups in total. The summed E-state index contributed by atoms with van der Waals surface area (Å²) in [6.07, 6.45) is 0. The number of amides is 2. The number of hydrogen-bond acceptors (Lipinski definition) is 2. The number of ether oxygens (including phenoxy) is 1. The van der Waals surface area contributed by atoms with Crippen molar-refractivity contribution in [2.24, 2.45) is 0 Å². The summed E-state index contributed by atoms with van der Waals surface area (Å²) < 4.78 is 5.48. The smallest absolute Gasteiger partial charge is 0.319 e. The molecule has 0 spiro atoms. The third-order valence-corrected chi connectivity index (χ3v) is 4.27. The Morgan fingerprint density at radius 1 is 0.815 bits per heavy atom. The maximum atomic E-state index is 12.2. The Morgan fingerprint density at radius 2 is 1.44 bits per heavy atom.